The number of rotatable bonds is 4. The fourth-order valence-electron chi connectivity index (χ4n) is 2.67. The molecule has 108 valence electrons. The molecule has 0 radical (unpaired) electrons. The van der Waals surface area contributed by atoms with Gasteiger partial charge in [0.05, 0.1) is 12.4 Å². The molecule has 2 atom stereocenters. The van der Waals surface area contributed by atoms with Crippen LogP contribution < -0.4 is 0 Å². The van der Waals surface area contributed by atoms with Crippen LogP contribution in [0.5, 0.6) is 0 Å². The Kier molecular flexibility index (Phi) is 4.66. The highest BCUT2D eigenvalue weighted by Crippen LogP contribution is 2.32. The molecule has 1 N–H and O–H groups in total. The number of thiophene rings is 1. The number of nitrogens with zero attached hydrogens (tertiary/aromatic N) is 1. The van der Waals surface area contributed by atoms with Crippen molar-refractivity contribution in [2.45, 2.75) is 32.3 Å². The summed E-state index contributed by atoms with van der Waals surface area (Å²) in [5, 5.41) is 12.3. The van der Waals surface area contributed by atoms with E-state index in [0.29, 0.717) is 19.5 Å². The molecule has 1 fully saturated rings. The van der Waals surface area contributed by atoms with Gasteiger partial charge in [-0.1, -0.05) is 0 Å². The van der Waals surface area contributed by atoms with Crippen molar-refractivity contribution in [1.29, 1.82) is 0 Å². The minimum atomic E-state index is -3.10. The number of piperidine rings is 1. The molecule has 2 rings (SSSR count). The van der Waals surface area contributed by atoms with Crippen molar-refractivity contribution in [3.8, 4) is 0 Å². The maximum absolute atomic E-state index is 11.6. The van der Waals surface area contributed by atoms with Gasteiger partial charge in [-0.25, -0.2) is 12.7 Å². The summed E-state index contributed by atoms with van der Waals surface area (Å²) in [4.78, 5) is 1.01. The molecular weight excluding hydrogens is 282 g/mol. The standard InChI is InChI=1S/C13H21NO3S2/c1-10-5-7-18-13(10)12(15)8-11-4-3-6-14(9-11)19(2,16)17/h5,7,11-12,15H,3-4,6,8-9H2,1-2H3. The lowest BCUT2D eigenvalue weighted by atomic mass is 9.92. The number of sulfonamides is 1. The van der Waals surface area contributed by atoms with Gasteiger partial charge in [-0.05, 0) is 49.1 Å². The third kappa shape index (κ3) is 3.78. The molecule has 1 aliphatic rings. The molecule has 0 bridgehead atoms. The van der Waals surface area contributed by atoms with Crippen LogP contribution >= 0.6 is 11.3 Å². The molecule has 1 aromatic heterocycles. The van der Waals surface area contributed by atoms with Crippen molar-refractivity contribution >= 4 is 21.4 Å². The lowest BCUT2D eigenvalue weighted by Gasteiger charge is -2.31. The smallest absolute Gasteiger partial charge is 0.211 e. The van der Waals surface area contributed by atoms with Gasteiger partial charge in [0, 0.05) is 18.0 Å². The van der Waals surface area contributed by atoms with Crippen LogP contribution in [-0.4, -0.2) is 37.2 Å². The first-order chi connectivity index (χ1) is 8.88. The van der Waals surface area contributed by atoms with Crippen LogP contribution in [0.25, 0.3) is 0 Å². The molecule has 0 spiro atoms. The maximum Gasteiger partial charge on any atom is 0.211 e. The zero-order valence-corrected chi connectivity index (χ0v) is 13.0. The van der Waals surface area contributed by atoms with Crippen molar-refractivity contribution in [3.05, 3.63) is 21.9 Å². The van der Waals surface area contributed by atoms with E-state index in [9.17, 15) is 13.5 Å². The molecule has 0 aliphatic carbocycles. The third-order valence-electron chi connectivity index (χ3n) is 3.71. The molecule has 2 unspecified atom stereocenters. The highest BCUT2D eigenvalue weighted by molar-refractivity contribution is 7.88. The van der Waals surface area contributed by atoms with Gasteiger partial charge in [0.15, 0.2) is 0 Å². The Morgan fingerprint density at radius 1 is 1.58 bits per heavy atom. The van der Waals surface area contributed by atoms with Gasteiger partial charge in [0.2, 0.25) is 10.0 Å². The van der Waals surface area contributed by atoms with E-state index >= 15 is 0 Å². The van der Waals surface area contributed by atoms with Crippen LogP contribution in [-0.2, 0) is 10.0 Å². The first-order valence-electron chi connectivity index (χ1n) is 6.55. The van der Waals surface area contributed by atoms with Crippen molar-refractivity contribution in [2.24, 2.45) is 5.92 Å². The molecule has 2 heterocycles. The van der Waals surface area contributed by atoms with E-state index in [4.69, 9.17) is 0 Å². The lowest BCUT2D eigenvalue weighted by molar-refractivity contribution is 0.125. The first kappa shape index (κ1) is 15.0. The number of hydrogen-bond donors (Lipinski definition) is 1. The summed E-state index contributed by atoms with van der Waals surface area (Å²) in [6.45, 7) is 3.16. The minimum Gasteiger partial charge on any atom is -0.388 e. The topological polar surface area (TPSA) is 57.6 Å². The van der Waals surface area contributed by atoms with Gasteiger partial charge >= 0.3 is 0 Å². The first-order valence-corrected chi connectivity index (χ1v) is 9.28. The summed E-state index contributed by atoms with van der Waals surface area (Å²) >= 11 is 1.57. The van der Waals surface area contributed by atoms with Gasteiger partial charge in [-0.2, -0.15) is 0 Å². The van der Waals surface area contributed by atoms with Crippen LogP contribution in [0.4, 0.5) is 0 Å². The normalized spacial score (nSPS) is 23.4. The fourth-order valence-corrected chi connectivity index (χ4v) is 4.54. The Hall–Kier alpha value is -0.430. The Labute approximate surface area is 119 Å². The quantitative estimate of drug-likeness (QED) is 0.927. The molecule has 1 aliphatic heterocycles. The average Bonchev–Trinajstić information content (AvgIpc) is 2.75. The van der Waals surface area contributed by atoms with Crippen LogP contribution in [0, 0.1) is 12.8 Å². The molecule has 0 aromatic carbocycles. The monoisotopic (exact) mass is 303 g/mol. The third-order valence-corrected chi connectivity index (χ3v) is 6.10. The van der Waals surface area contributed by atoms with Gasteiger partial charge in [0.1, 0.15) is 0 Å². The second-order valence-electron chi connectivity index (χ2n) is 5.35. The second kappa shape index (κ2) is 5.91. The predicted molar refractivity (Wildman–Crippen MR) is 77.8 cm³/mol. The Morgan fingerprint density at radius 3 is 2.89 bits per heavy atom. The van der Waals surface area contributed by atoms with E-state index in [1.54, 1.807) is 11.3 Å². The van der Waals surface area contributed by atoms with Gasteiger partial charge in [0.25, 0.3) is 0 Å². The summed E-state index contributed by atoms with van der Waals surface area (Å²) in [5.41, 5.74) is 1.12. The van der Waals surface area contributed by atoms with E-state index in [0.717, 1.165) is 23.3 Å². The summed E-state index contributed by atoms with van der Waals surface area (Å²) in [5.74, 6) is 0.250. The summed E-state index contributed by atoms with van der Waals surface area (Å²) in [7, 11) is -3.10. The van der Waals surface area contributed by atoms with Crippen molar-refractivity contribution < 1.29 is 13.5 Å². The van der Waals surface area contributed by atoms with Gasteiger partial charge in [-0.15, -0.1) is 11.3 Å². The molecule has 0 saturated carbocycles. The largest absolute Gasteiger partial charge is 0.388 e. The van der Waals surface area contributed by atoms with E-state index in [-0.39, 0.29) is 5.92 Å². The number of aliphatic hydroxyl groups is 1. The molecule has 1 aromatic rings. The summed E-state index contributed by atoms with van der Waals surface area (Å²) in [6, 6.07) is 2.01. The summed E-state index contributed by atoms with van der Waals surface area (Å²) in [6.07, 6.45) is 3.31. The zero-order valence-electron chi connectivity index (χ0n) is 11.4. The zero-order chi connectivity index (χ0) is 14.0. The Morgan fingerprint density at radius 2 is 2.32 bits per heavy atom. The lowest BCUT2D eigenvalue weighted by Crippen LogP contribution is -2.39. The van der Waals surface area contributed by atoms with Crippen LogP contribution in [0.2, 0.25) is 0 Å². The average molecular weight is 303 g/mol. The van der Waals surface area contributed by atoms with Crippen molar-refractivity contribution in [1.82, 2.24) is 4.31 Å². The number of aryl methyl sites for hydroxylation is 1. The van der Waals surface area contributed by atoms with E-state index in [1.165, 1.54) is 10.6 Å². The molecule has 6 heteroatoms. The van der Waals surface area contributed by atoms with Crippen LogP contribution in [0.15, 0.2) is 11.4 Å². The predicted octanol–water partition coefficient (Wildman–Crippen LogP) is 2.15. The fraction of sp³-hybridized carbons (Fsp3) is 0.692. The molecule has 1 saturated heterocycles. The molecular formula is C13H21NO3S2. The minimum absolute atomic E-state index is 0.250. The van der Waals surface area contributed by atoms with Gasteiger partial charge < -0.3 is 5.11 Å². The highest BCUT2D eigenvalue weighted by Gasteiger charge is 2.28. The van der Waals surface area contributed by atoms with Crippen LogP contribution in [0.3, 0.4) is 0 Å². The number of hydrogen-bond acceptors (Lipinski definition) is 4. The van der Waals surface area contributed by atoms with Gasteiger partial charge in [-0.3, -0.25) is 0 Å². The van der Waals surface area contributed by atoms with E-state index < -0.39 is 16.1 Å². The van der Waals surface area contributed by atoms with Crippen molar-refractivity contribution in [2.75, 3.05) is 19.3 Å². The highest BCUT2D eigenvalue weighted by atomic mass is 32.2. The van der Waals surface area contributed by atoms with Crippen LogP contribution in [0.1, 0.15) is 35.8 Å². The molecule has 4 nitrogen and oxygen atoms in total. The summed E-state index contributed by atoms with van der Waals surface area (Å²) < 4.78 is 24.7. The number of aliphatic hydroxyl groups excluding tert-OH is 1. The second-order valence-corrected chi connectivity index (χ2v) is 8.28. The molecule has 0 amide bonds. The van der Waals surface area contributed by atoms with E-state index in [2.05, 4.69) is 0 Å². The van der Waals surface area contributed by atoms with Crippen molar-refractivity contribution in [3.63, 3.8) is 0 Å². The van der Waals surface area contributed by atoms with E-state index in [1.807, 2.05) is 18.4 Å². The maximum atomic E-state index is 11.6. The molecule has 19 heavy (non-hydrogen) atoms. The SMILES string of the molecule is Cc1ccsc1C(O)CC1CCCN(S(C)(=O)=O)C1. The Balaban J connectivity index is 1.98. The Bertz CT molecular complexity index is 524.